The molecule has 240 valence electrons. The second-order valence-corrected chi connectivity index (χ2v) is 14.3. The van der Waals surface area contributed by atoms with Gasteiger partial charge in [-0.25, -0.2) is 0 Å². The van der Waals surface area contributed by atoms with Gasteiger partial charge in [0.2, 0.25) is 0 Å². The van der Waals surface area contributed by atoms with Crippen molar-refractivity contribution in [1.29, 1.82) is 0 Å². The molecule has 0 aliphatic heterocycles. The van der Waals surface area contributed by atoms with E-state index in [1.54, 1.807) is 0 Å². The Balaban J connectivity index is 1.26. The number of nitrogens with zero attached hydrogens (tertiary/aromatic N) is 1. The van der Waals surface area contributed by atoms with Gasteiger partial charge >= 0.3 is 0 Å². The lowest BCUT2D eigenvalue weighted by Gasteiger charge is -2.23. The molecule has 0 spiro atoms. The van der Waals surface area contributed by atoms with E-state index in [9.17, 15) is 0 Å². The van der Waals surface area contributed by atoms with Gasteiger partial charge in [0, 0.05) is 23.2 Å². The van der Waals surface area contributed by atoms with Crippen molar-refractivity contribution in [2.45, 2.75) is 19.3 Å². The largest absolute Gasteiger partial charge is 0.264 e. The summed E-state index contributed by atoms with van der Waals surface area (Å²) in [5.74, 6) is 0. The Morgan fingerprint density at radius 2 is 1.00 bits per heavy atom. The number of fused-ring (bicyclic) bond motifs is 6. The van der Waals surface area contributed by atoms with Gasteiger partial charge in [-0.15, -0.1) is 0 Å². The summed E-state index contributed by atoms with van der Waals surface area (Å²) in [5, 5.41) is 7.34. The third-order valence-electron chi connectivity index (χ3n) is 11.2. The molecular formula is C50H35N. The Bertz CT molecular complexity index is 2800. The average Bonchev–Trinajstić information content (AvgIpc) is 3.42. The smallest absolute Gasteiger partial charge is 0.0353 e. The molecule has 8 aromatic carbocycles. The lowest BCUT2D eigenvalue weighted by molar-refractivity contribution is 0.660. The quantitative estimate of drug-likeness (QED) is 0.173. The van der Waals surface area contributed by atoms with Crippen LogP contribution in [0, 0.1) is 0 Å². The fourth-order valence-electron chi connectivity index (χ4n) is 8.64. The molecule has 0 saturated carbocycles. The Hall–Kier alpha value is -6.31. The number of aromatic nitrogens is 1. The highest BCUT2D eigenvalue weighted by Crippen LogP contribution is 2.51. The normalized spacial score (nSPS) is 13.1. The lowest BCUT2D eigenvalue weighted by Crippen LogP contribution is -2.14. The van der Waals surface area contributed by atoms with Crippen LogP contribution in [0.5, 0.6) is 0 Å². The molecule has 0 saturated heterocycles. The van der Waals surface area contributed by atoms with E-state index in [-0.39, 0.29) is 5.41 Å². The molecule has 0 fully saturated rings. The summed E-state index contributed by atoms with van der Waals surface area (Å²) >= 11 is 0. The summed E-state index contributed by atoms with van der Waals surface area (Å²) in [7, 11) is 0. The first kappa shape index (κ1) is 29.6. The molecule has 0 radical (unpaired) electrons. The number of rotatable bonds is 4. The first-order valence-electron chi connectivity index (χ1n) is 17.8. The van der Waals surface area contributed by atoms with Crippen LogP contribution in [-0.4, -0.2) is 4.98 Å². The standard InChI is InChI=1S/C50H35N/c1-50(2)46-18-9-8-16-39(46)40-25-24-37(30-47(40)50)48-43-27-28-51-31-45(43)49(41-17-10-14-35-13-6-7-15-38(35)41)42-26-23-36(29-44(42)48)34-21-19-33(20-22-34)32-11-4-3-5-12-32/h3-31H,1-2H3. The van der Waals surface area contributed by atoms with Crippen LogP contribution in [0.1, 0.15) is 25.0 Å². The minimum absolute atomic E-state index is 0.0936. The number of hydrogen-bond donors (Lipinski definition) is 0. The zero-order valence-corrected chi connectivity index (χ0v) is 28.7. The molecule has 0 amide bonds. The van der Waals surface area contributed by atoms with Crippen molar-refractivity contribution in [2.24, 2.45) is 0 Å². The lowest BCUT2D eigenvalue weighted by atomic mass is 9.80. The van der Waals surface area contributed by atoms with E-state index >= 15 is 0 Å². The first-order chi connectivity index (χ1) is 25.1. The second-order valence-electron chi connectivity index (χ2n) is 14.3. The highest BCUT2D eigenvalue weighted by molar-refractivity contribution is 6.24. The SMILES string of the molecule is CC1(C)c2ccccc2-c2ccc(-c3c4cc(-c5ccc(-c6ccccc6)cc5)ccc4c(-c4cccc5ccccc45)c4cnccc34)cc21. The Labute approximate surface area is 298 Å². The minimum Gasteiger partial charge on any atom is -0.264 e. The molecule has 1 nitrogen and oxygen atoms in total. The summed E-state index contributed by atoms with van der Waals surface area (Å²) in [6.07, 6.45) is 4.02. The predicted molar refractivity (Wildman–Crippen MR) is 216 cm³/mol. The van der Waals surface area contributed by atoms with Crippen LogP contribution in [0.15, 0.2) is 176 Å². The van der Waals surface area contributed by atoms with Gasteiger partial charge in [-0.3, -0.25) is 4.98 Å². The van der Waals surface area contributed by atoms with Gasteiger partial charge in [0.05, 0.1) is 0 Å². The zero-order valence-electron chi connectivity index (χ0n) is 28.7. The van der Waals surface area contributed by atoms with E-state index in [1.165, 1.54) is 99.1 Å². The Morgan fingerprint density at radius 1 is 0.373 bits per heavy atom. The van der Waals surface area contributed by atoms with Crippen molar-refractivity contribution in [3.8, 4) is 55.6 Å². The second kappa shape index (κ2) is 11.4. The van der Waals surface area contributed by atoms with Crippen LogP contribution >= 0.6 is 0 Å². The molecule has 0 N–H and O–H groups in total. The summed E-state index contributed by atoms with van der Waals surface area (Å²) in [4.78, 5) is 4.73. The highest BCUT2D eigenvalue weighted by atomic mass is 14.6. The monoisotopic (exact) mass is 649 g/mol. The minimum atomic E-state index is -0.0936. The van der Waals surface area contributed by atoms with Gasteiger partial charge in [-0.2, -0.15) is 0 Å². The zero-order chi connectivity index (χ0) is 34.1. The van der Waals surface area contributed by atoms with Crippen LogP contribution in [0.2, 0.25) is 0 Å². The molecule has 0 bridgehead atoms. The van der Waals surface area contributed by atoms with Crippen molar-refractivity contribution in [3.63, 3.8) is 0 Å². The van der Waals surface area contributed by atoms with Gasteiger partial charge < -0.3 is 0 Å². The van der Waals surface area contributed by atoms with Gasteiger partial charge in [0.1, 0.15) is 0 Å². The maximum absolute atomic E-state index is 4.73. The van der Waals surface area contributed by atoms with Gasteiger partial charge in [-0.1, -0.05) is 159 Å². The molecule has 1 aliphatic carbocycles. The van der Waals surface area contributed by atoms with Crippen molar-refractivity contribution < 1.29 is 0 Å². The molecular weight excluding hydrogens is 615 g/mol. The van der Waals surface area contributed by atoms with Crippen LogP contribution in [0.3, 0.4) is 0 Å². The number of benzene rings is 8. The fraction of sp³-hybridized carbons (Fsp3) is 0.0600. The van der Waals surface area contributed by atoms with Crippen molar-refractivity contribution >= 4 is 32.3 Å². The number of pyridine rings is 1. The third kappa shape index (κ3) is 4.59. The molecule has 51 heavy (non-hydrogen) atoms. The molecule has 1 aromatic heterocycles. The maximum Gasteiger partial charge on any atom is 0.0353 e. The van der Waals surface area contributed by atoms with Gasteiger partial charge in [0.15, 0.2) is 0 Å². The van der Waals surface area contributed by atoms with E-state index in [0.717, 1.165) is 0 Å². The highest BCUT2D eigenvalue weighted by Gasteiger charge is 2.35. The molecule has 9 aromatic rings. The van der Waals surface area contributed by atoms with E-state index in [4.69, 9.17) is 4.98 Å². The summed E-state index contributed by atoms with van der Waals surface area (Å²) in [6, 6.07) is 60.3. The summed E-state index contributed by atoms with van der Waals surface area (Å²) in [5.41, 5.74) is 15.2. The topological polar surface area (TPSA) is 12.9 Å². The molecule has 1 heterocycles. The Morgan fingerprint density at radius 3 is 1.86 bits per heavy atom. The van der Waals surface area contributed by atoms with Crippen LogP contribution in [0.25, 0.3) is 88.0 Å². The van der Waals surface area contributed by atoms with Crippen molar-refractivity contribution in [2.75, 3.05) is 0 Å². The fourth-order valence-corrected chi connectivity index (χ4v) is 8.64. The Kier molecular flexibility index (Phi) is 6.60. The van der Waals surface area contributed by atoms with E-state index in [1.807, 2.05) is 6.20 Å². The maximum atomic E-state index is 4.73. The molecule has 0 atom stereocenters. The molecule has 0 unspecified atom stereocenters. The van der Waals surface area contributed by atoms with Crippen molar-refractivity contribution in [3.05, 3.63) is 187 Å². The van der Waals surface area contributed by atoms with Gasteiger partial charge in [-0.05, 0) is 112 Å². The summed E-state index contributed by atoms with van der Waals surface area (Å²) < 4.78 is 0. The van der Waals surface area contributed by atoms with Crippen LogP contribution < -0.4 is 0 Å². The molecule has 10 rings (SSSR count). The number of hydrogen-bond acceptors (Lipinski definition) is 1. The summed E-state index contributed by atoms with van der Waals surface area (Å²) in [6.45, 7) is 4.73. The van der Waals surface area contributed by atoms with Gasteiger partial charge in [0.25, 0.3) is 0 Å². The average molecular weight is 650 g/mol. The van der Waals surface area contributed by atoms with Crippen LogP contribution in [0.4, 0.5) is 0 Å². The molecule has 1 heteroatoms. The van der Waals surface area contributed by atoms with Crippen LogP contribution in [-0.2, 0) is 5.41 Å². The van der Waals surface area contributed by atoms with E-state index < -0.39 is 0 Å². The molecule has 1 aliphatic rings. The van der Waals surface area contributed by atoms with E-state index in [0.29, 0.717) is 0 Å². The first-order valence-corrected chi connectivity index (χ1v) is 17.8. The predicted octanol–water partition coefficient (Wildman–Crippen LogP) is 13.5. The van der Waals surface area contributed by atoms with Crippen molar-refractivity contribution in [1.82, 2.24) is 4.98 Å². The third-order valence-corrected chi connectivity index (χ3v) is 11.2. The van der Waals surface area contributed by atoms with E-state index in [2.05, 4.69) is 184 Å².